The van der Waals surface area contributed by atoms with Crippen LogP contribution in [0.25, 0.3) is 0 Å². The van der Waals surface area contributed by atoms with Gasteiger partial charge in [0.2, 0.25) is 0 Å². The van der Waals surface area contributed by atoms with Crippen molar-refractivity contribution in [3.63, 3.8) is 0 Å². The first-order valence-corrected chi connectivity index (χ1v) is 9.12. The van der Waals surface area contributed by atoms with Gasteiger partial charge in [0.25, 0.3) is 5.91 Å². The summed E-state index contributed by atoms with van der Waals surface area (Å²) in [6.07, 6.45) is 1.54. The maximum absolute atomic E-state index is 12.3. The number of hydrogen-bond donors (Lipinski definition) is 1. The maximum atomic E-state index is 12.3. The van der Waals surface area contributed by atoms with Crippen molar-refractivity contribution in [3.8, 4) is 0 Å². The van der Waals surface area contributed by atoms with Crippen molar-refractivity contribution in [2.45, 2.75) is 18.9 Å². The Hall–Kier alpha value is -1.08. The highest BCUT2D eigenvalue weighted by Gasteiger charge is 2.30. The van der Waals surface area contributed by atoms with Crippen LogP contribution in [-0.4, -0.2) is 59.7 Å². The van der Waals surface area contributed by atoms with Crippen LogP contribution in [0.1, 0.15) is 12.8 Å². The van der Waals surface area contributed by atoms with Crippen LogP contribution in [0.4, 0.5) is 5.69 Å². The summed E-state index contributed by atoms with van der Waals surface area (Å²) in [5.41, 5.74) is 0.726. The normalized spacial score (nSPS) is 21.0. The lowest BCUT2D eigenvalue weighted by atomic mass is 10.2. The van der Waals surface area contributed by atoms with Gasteiger partial charge >= 0.3 is 0 Å². The highest BCUT2D eigenvalue weighted by molar-refractivity contribution is 7.80. The fraction of sp³-hybridized carbons (Fsp3) is 0.500. The highest BCUT2D eigenvalue weighted by Crippen LogP contribution is 2.26. The molecule has 0 spiro atoms. The van der Waals surface area contributed by atoms with Gasteiger partial charge in [-0.3, -0.25) is 4.79 Å². The Morgan fingerprint density at radius 3 is 2.54 bits per heavy atom. The van der Waals surface area contributed by atoms with E-state index in [1.165, 1.54) is 0 Å². The fourth-order valence-corrected chi connectivity index (χ4v) is 3.64. The predicted octanol–water partition coefficient (Wildman–Crippen LogP) is 3.01. The van der Waals surface area contributed by atoms with E-state index in [-0.39, 0.29) is 12.0 Å². The smallest absolute Gasteiger partial charge is 0.251 e. The molecule has 130 valence electrons. The lowest BCUT2D eigenvalue weighted by molar-refractivity contribution is -0.142. The number of halogens is 2. The molecule has 1 aromatic carbocycles. The number of benzene rings is 1. The molecule has 8 heteroatoms. The van der Waals surface area contributed by atoms with Crippen molar-refractivity contribution in [1.29, 1.82) is 0 Å². The average molecular weight is 388 g/mol. The largest absolute Gasteiger partial charge is 0.368 e. The molecule has 0 saturated carbocycles. The van der Waals surface area contributed by atoms with E-state index >= 15 is 0 Å². The number of hydrogen-bond acceptors (Lipinski definition) is 3. The van der Waals surface area contributed by atoms with Gasteiger partial charge in [0.05, 0.1) is 10.7 Å². The van der Waals surface area contributed by atoms with Crippen LogP contribution in [-0.2, 0) is 9.53 Å². The summed E-state index contributed by atoms with van der Waals surface area (Å²) >= 11 is 17.5. The third kappa shape index (κ3) is 4.11. The molecule has 2 fully saturated rings. The Kier molecular flexibility index (Phi) is 5.81. The standard InChI is InChI=1S/C16H19Cl2N3O2S/c17-11-3-4-13(12(18)10-11)19-16(24)21-7-5-20(6-8-21)15(22)14-2-1-9-23-14/h3-4,10,14H,1-2,5-9H2,(H,19,24)/t14-/m1/s1. The first-order valence-electron chi connectivity index (χ1n) is 7.96. The minimum absolute atomic E-state index is 0.103. The summed E-state index contributed by atoms with van der Waals surface area (Å²) in [6.45, 7) is 3.36. The average Bonchev–Trinajstić information content (AvgIpc) is 3.11. The van der Waals surface area contributed by atoms with Crippen LogP contribution in [0.15, 0.2) is 18.2 Å². The molecule has 0 unspecified atom stereocenters. The molecule has 1 N–H and O–H groups in total. The number of piperazine rings is 1. The molecule has 24 heavy (non-hydrogen) atoms. The van der Waals surface area contributed by atoms with Crippen molar-refractivity contribution in [2.75, 3.05) is 38.1 Å². The number of rotatable bonds is 2. The number of carbonyl (C=O) groups excluding carboxylic acids is 1. The van der Waals surface area contributed by atoms with Crippen molar-refractivity contribution in [2.24, 2.45) is 0 Å². The molecule has 0 bridgehead atoms. The monoisotopic (exact) mass is 387 g/mol. The lowest BCUT2D eigenvalue weighted by Crippen LogP contribution is -2.53. The molecule has 2 heterocycles. The molecule has 1 atom stereocenters. The zero-order valence-electron chi connectivity index (χ0n) is 13.1. The minimum Gasteiger partial charge on any atom is -0.368 e. The van der Waals surface area contributed by atoms with E-state index in [0.717, 1.165) is 18.5 Å². The Labute approximate surface area is 156 Å². The SMILES string of the molecule is O=C([C@H]1CCCO1)N1CCN(C(=S)Nc2ccc(Cl)cc2Cl)CC1. The lowest BCUT2D eigenvalue weighted by Gasteiger charge is -2.37. The Morgan fingerprint density at radius 1 is 1.21 bits per heavy atom. The Balaban J connectivity index is 1.52. The summed E-state index contributed by atoms with van der Waals surface area (Å²) < 4.78 is 5.48. The van der Waals surface area contributed by atoms with E-state index in [2.05, 4.69) is 5.32 Å². The summed E-state index contributed by atoms with van der Waals surface area (Å²) in [4.78, 5) is 16.3. The van der Waals surface area contributed by atoms with Crippen molar-refractivity contribution in [1.82, 2.24) is 9.80 Å². The van der Waals surface area contributed by atoms with Gasteiger partial charge in [-0.25, -0.2) is 0 Å². The molecule has 2 saturated heterocycles. The number of ether oxygens (including phenoxy) is 1. The zero-order valence-corrected chi connectivity index (χ0v) is 15.5. The molecule has 2 aliphatic heterocycles. The molecule has 0 aliphatic carbocycles. The quantitative estimate of drug-likeness (QED) is 0.790. The van der Waals surface area contributed by atoms with E-state index in [0.29, 0.717) is 47.9 Å². The third-order valence-corrected chi connectivity index (χ3v) is 5.16. The maximum Gasteiger partial charge on any atom is 0.251 e. The number of nitrogens with zero attached hydrogens (tertiary/aromatic N) is 2. The molecular weight excluding hydrogens is 369 g/mol. The van der Waals surface area contributed by atoms with Gasteiger partial charge in [0, 0.05) is 37.8 Å². The number of thiocarbonyl (C=S) groups is 1. The van der Waals surface area contributed by atoms with E-state index in [4.69, 9.17) is 40.2 Å². The third-order valence-electron chi connectivity index (χ3n) is 4.26. The van der Waals surface area contributed by atoms with Crippen molar-refractivity contribution in [3.05, 3.63) is 28.2 Å². The van der Waals surface area contributed by atoms with Crippen LogP contribution in [0, 0.1) is 0 Å². The van der Waals surface area contributed by atoms with Crippen molar-refractivity contribution >= 4 is 52.1 Å². The molecule has 1 amide bonds. The van der Waals surface area contributed by atoms with Crippen LogP contribution < -0.4 is 5.32 Å². The highest BCUT2D eigenvalue weighted by atomic mass is 35.5. The predicted molar refractivity (Wildman–Crippen MR) is 99.8 cm³/mol. The van der Waals surface area contributed by atoms with E-state index in [1.54, 1.807) is 18.2 Å². The first-order chi connectivity index (χ1) is 11.5. The second kappa shape index (κ2) is 7.87. The second-order valence-electron chi connectivity index (χ2n) is 5.87. The molecular formula is C16H19Cl2N3O2S. The van der Waals surface area contributed by atoms with Crippen LogP contribution >= 0.6 is 35.4 Å². The van der Waals surface area contributed by atoms with Gasteiger partial charge in [0.15, 0.2) is 5.11 Å². The summed E-state index contributed by atoms with van der Waals surface area (Å²) in [5, 5.41) is 4.85. The summed E-state index contributed by atoms with van der Waals surface area (Å²) in [6, 6.07) is 5.23. The van der Waals surface area contributed by atoms with Crippen molar-refractivity contribution < 1.29 is 9.53 Å². The van der Waals surface area contributed by atoms with Gasteiger partial charge < -0.3 is 19.9 Å². The zero-order chi connectivity index (χ0) is 17.1. The van der Waals surface area contributed by atoms with Gasteiger partial charge in [-0.05, 0) is 43.3 Å². The minimum atomic E-state index is -0.255. The molecule has 2 aliphatic rings. The van der Waals surface area contributed by atoms with Gasteiger partial charge in [-0.1, -0.05) is 23.2 Å². The molecule has 3 rings (SSSR count). The molecule has 0 aromatic heterocycles. The number of carbonyl (C=O) groups is 1. The summed E-state index contributed by atoms with van der Waals surface area (Å²) in [7, 11) is 0. The number of nitrogens with one attached hydrogen (secondary N) is 1. The molecule has 0 radical (unpaired) electrons. The van der Waals surface area contributed by atoms with Crippen LogP contribution in [0.5, 0.6) is 0 Å². The molecule has 1 aromatic rings. The fourth-order valence-electron chi connectivity index (χ4n) is 2.89. The van der Waals surface area contributed by atoms with Gasteiger partial charge in [-0.2, -0.15) is 0 Å². The van der Waals surface area contributed by atoms with E-state index in [1.807, 2.05) is 9.80 Å². The summed E-state index contributed by atoms with van der Waals surface area (Å²) in [5.74, 6) is 0.103. The van der Waals surface area contributed by atoms with Gasteiger partial charge in [0.1, 0.15) is 6.10 Å². The number of anilines is 1. The first kappa shape index (κ1) is 17.7. The van der Waals surface area contributed by atoms with Gasteiger partial charge in [-0.15, -0.1) is 0 Å². The Morgan fingerprint density at radius 2 is 1.92 bits per heavy atom. The van der Waals surface area contributed by atoms with E-state index < -0.39 is 0 Å². The second-order valence-corrected chi connectivity index (χ2v) is 7.10. The van der Waals surface area contributed by atoms with Crippen LogP contribution in [0.2, 0.25) is 10.0 Å². The molecule has 5 nitrogen and oxygen atoms in total. The number of amides is 1. The Bertz CT molecular complexity index is 630. The topological polar surface area (TPSA) is 44.8 Å². The van der Waals surface area contributed by atoms with E-state index in [9.17, 15) is 4.79 Å². The van der Waals surface area contributed by atoms with Crippen LogP contribution in [0.3, 0.4) is 0 Å².